The van der Waals surface area contributed by atoms with Gasteiger partial charge < -0.3 is 10.1 Å². The summed E-state index contributed by atoms with van der Waals surface area (Å²) in [7, 11) is -0.0725. The van der Waals surface area contributed by atoms with Crippen molar-refractivity contribution in [2.75, 3.05) is 26.5 Å². The second kappa shape index (κ2) is 5.51. The Morgan fingerprint density at radius 2 is 1.94 bits per heavy atom. The van der Waals surface area contributed by atoms with Crippen LogP contribution in [0.1, 0.15) is 11.1 Å². The molecule has 0 spiro atoms. The van der Waals surface area contributed by atoms with Gasteiger partial charge in [-0.1, -0.05) is 6.07 Å². The molecule has 0 aromatic heterocycles. The van der Waals surface area contributed by atoms with Crippen LogP contribution in [0.15, 0.2) is 17.0 Å². The van der Waals surface area contributed by atoms with Crippen molar-refractivity contribution in [2.45, 2.75) is 18.7 Å². The van der Waals surface area contributed by atoms with Crippen LogP contribution in [0.25, 0.3) is 0 Å². The number of ether oxygens (including phenoxy) is 1. The van der Waals surface area contributed by atoms with E-state index in [9.17, 15) is 8.42 Å². The summed E-state index contributed by atoms with van der Waals surface area (Å²) in [5, 5.41) is 2.84. The van der Waals surface area contributed by atoms with Crippen molar-refractivity contribution < 1.29 is 13.2 Å². The fourth-order valence-corrected chi connectivity index (χ4v) is 3.34. The number of hydrogen-bond donors (Lipinski definition) is 1. The van der Waals surface area contributed by atoms with Gasteiger partial charge in [-0.15, -0.1) is 0 Å². The maximum atomic E-state index is 12.2. The highest BCUT2D eigenvalue weighted by molar-refractivity contribution is 7.91. The van der Waals surface area contributed by atoms with E-state index in [4.69, 9.17) is 4.74 Å². The quantitative estimate of drug-likeness (QED) is 0.864. The summed E-state index contributed by atoms with van der Waals surface area (Å²) in [6, 6.07) is 3.58. The zero-order valence-electron chi connectivity index (χ0n) is 10.7. The molecule has 0 saturated heterocycles. The third kappa shape index (κ3) is 3.20. The third-order valence-corrected chi connectivity index (χ3v) is 4.26. The smallest absolute Gasteiger partial charge is 0.183 e. The zero-order valence-corrected chi connectivity index (χ0v) is 11.5. The molecule has 17 heavy (non-hydrogen) atoms. The second-order valence-electron chi connectivity index (χ2n) is 4.04. The fourth-order valence-electron chi connectivity index (χ4n) is 1.75. The van der Waals surface area contributed by atoms with E-state index in [0.29, 0.717) is 12.3 Å². The van der Waals surface area contributed by atoms with Gasteiger partial charge in [0.1, 0.15) is 10.6 Å². The average molecular weight is 257 g/mol. The van der Waals surface area contributed by atoms with Gasteiger partial charge in [-0.2, -0.15) is 0 Å². The van der Waals surface area contributed by atoms with Crippen molar-refractivity contribution in [3.05, 3.63) is 23.3 Å². The minimum Gasteiger partial charge on any atom is -0.495 e. The largest absolute Gasteiger partial charge is 0.495 e. The van der Waals surface area contributed by atoms with Gasteiger partial charge in [-0.3, -0.25) is 0 Å². The molecule has 0 atom stereocenters. The van der Waals surface area contributed by atoms with Gasteiger partial charge in [-0.05, 0) is 38.1 Å². The summed E-state index contributed by atoms with van der Waals surface area (Å²) in [6.07, 6.45) is 0. The molecule has 96 valence electrons. The molecule has 1 aromatic rings. The molecule has 0 fully saturated rings. The molecular formula is C12H19NO3S. The van der Waals surface area contributed by atoms with Gasteiger partial charge in [0.25, 0.3) is 0 Å². The number of rotatable bonds is 5. The van der Waals surface area contributed by atoms with Gasteiger partial charge in [0.05, 0.1) is 12.9 Å². The Kier molecular flexibility index (Phi) is 4.54. The number of aryl methyl sites for hydroxylation is 2. The predicted octanol–water partition coefficient (Wildman–Crippen LogP) is 1.31. The maximum Gasteiger partial charge on any atom is 0.183 e. The van der Waals surface area contributed by atoms with Crippen LogP contribution in [-0.2, 0) is 9.84 Å². The van der Waals surface area contributed by atoms with Gasteiger partial charge in [0, 0.05) is 6.54 Å². The monoisotopic (exact) mass is 257 g/mol. The lowest BCUT2D eigenvalue weighted by molar-refractivity contribution is 0.399. The van der Waals surface area contributed by atoms with Gasteiger partial charge >= 0.3 is 0 Å². The van der Waals surface area contributed by atoms with Crippen molar-refractivity contribution >= 4 is 9.84 Å². The lowest BCUT2D eigenvalue weighted by Gasteiger charge is -2.13. The Hall–Kier alpha value is -1.07. The average Bonchev–Trinajstić information content (AvgIpc) is 2.25. The van der Waals surface area contributed by atoms with Crippen LogP contribution in [-0.4, -0.2) is 34.9 Å². The van der Waals surface area contributed by atoms with Crippen LogP contribution in [0, 0.1) is 13.8 Å². The molecule has 0 heterocycles. The molecule has 0 amide bonds. The van der Waals surface area contributed by atoms with Gasteiger partial charge in [0.2, 0.25) is 0 Å². The van der Waals surface area contributed by atoms with Crippen LogP contribution < -0.4 is 10.1 Å². The highest BCUT2D eigenvalue weighted by Crippen LogP contribution is 2.29. The molecule has 0 aliphatic heterocycles. The minimum absolute atomic E-state index is 0.0722. The molecule has 0 bridgehead atoms. The number of hydrogen-bond acceptors (Lipinski definition) is 4. The Labute approximate surface area is 103 Å². The fraction of sp³-hybridized carbons (Fsp3) is 0.500. The zero-order chi connectivity index (χ0) is 13.1. The summed E-state index contributed by atoms with van der Waals surface area (Å²) in [5.74, 6) is 0.523. The topological polar surface area (TPSA) is 55.4 Å². The summed E-state index contributed by atoms with van der Waals surface area (Å²) < 4.78 is 29.5. The number of benzene rings is 1. The normalized spacial score (nSPS) is 11.5. The summed E-state index contributed by atoms with van der Waals surface area (Å²) in [4.78, 5) is 0.285. The Morgan fingerprint density at radius 1 is 1.29 bits per heavy atom. The van der Waals surface area contributed by atoms with E-state index >= 15 is 0 Å². The first-order valence-corrected chi connectivity index (χ1v) is 7.10. The first-order chi connectivity index (χ1) is 7.92. The van der Waals surface area contributed by atoms with E-state index in [0.717, 1.165) is 11.1 Å². The molecular weight excluding hydrogens is 238 g/mol. The van der Waals surface area contributed by atoms with Crippen LogP contribution in [0.5, 0.6) is 5.75 Å². The van der Waals surface area contributed by atoms with Gasteiger partial charge in [-0.25, -0.2) is 8.42 Å². The number of sulfone groups is 1. The Balaban J connectivity index is 3.29. The molecule has 0 radical (unpaired) electrons. The molecule has 5 heteroatoms. The summed E-state index contributed by atoms with van der Waals surface area (Å²) in [5.41, 5.74) is 1.77. The van der Waals surface area contributed by atoms with Crippen LogP contribution in [0.4, 0.5) is 0 Å². The van der Waals surface area contributed by atoms with Crippen molar-refractivity contribution in [2.24, 2.45) is 0 Å². The minimum atomic E-state index is -3.30. The molecule has 1 aromatic carbocycles. The molecule has 1 rings (SSSR count). The van der Waals surface area contributed by atoms with E-state index in [2.05, 4.69) is 5.32 Å². The van der Waals surface area contributed by atoms with Crippen LogP contribution in [0.3, 0.4) is 0 Å². The lowest BCUT2D eigenvalue weighted by Crippen LogP contribution is -2.20. The van der Waals surface area contributed by atoms with E-state index in [1.165, 1.54) is 7.11 Å². The van der Waals surface area contributed by atoms with Gasteiger partial charge in [0.15, 0.2) is 9.84 Å². The third-order valence-electron chi connectivity index (χ3n) is 2.54. The first kappa shape index (κ1) is 14.0. The van der Waals surface area contributed by atoms with Crippen molar-refractivity contribution in [1.29, 1.82) is 0 Å². The van der Waals surface area contributed by atoms with E-state index in [1.54, 1.807) is 13.1 Å². The summed E-state index contributed by atoms with van der Waals surface area (Å²) >= 11 is 0. The molecule has 0 unspecified atom stereocenters. The Bertz CT molecular complexity index is 495. The lowest BCUT2D eigenvalue weighted by atomic mass is 10.1. The standard InChI is InChI=1S/C12H19NO3S/c1-9-7-10(2)12(16-4)11(8-9)17(14,15)6-5-13-3/h7-8,13H,5-6H2,1-4H3. The molecule has 4 nitrogen and oxygen atoms in total. The van der Waals surface area contributed by atoms with Crippen molar-refractivity contribution in [3.63, 3.8) is 0 Å². The highest BCUT2D eigenvalue weighted by Gasteiger charge is 2.20. The first-order valence-electron chi connectivity index (χ1n) is 5.45. The molecule has 1 N–H and O–H groups in total. The SMILES string of the molecule is CNCCS(=O)(=O)c1cc(C)cc(C)c1OC. The van der Waals surface area contributed by atoms with Crippen molar-refractivity contribution in [3.8, 4) is 5.75 Å². The van der Waals surface area contributed by atoms with E-state index in [1.807, 2.05) is 19.9 Å². The van der Waals surface area contributed by atoms with Crippen molar-refractivity contribution in [1.82, 2.24) is 5.32 Å². The molecule has 0 aliphatic rings. The molecule has 0 aliphatic carbocycles. The van der Waals surface area contributed by atoms with E-state index < -0.39 is 9.84 Å². The Morgan fingerprint density at radius 3 is 2.47 bits per heavy atom. The highest BCUT2D eigenvalue weighted by atomic mass is 32.2. The van der Waals surface area contributed by atoms with E-state index in [-0.39, 0.29) is 10.6 Å². The predicted molar refractivity (Wildman–Crippen MR) is 68.4 cm³/mol. The molecule has 0 saturated carbocycles. The maximum absolute atomic E-state index is 12.2. The summed E-state index contributed by atoms with van der Waals surface area (Å²) in [6.45, 7) is 4.16. The van der Waals surface area contributed by atoms with Crippen LogP contribution >= 0.6 is 0 Å². The van der Waals surface area contributed by atoms with Crippen LogP contribution in [0.2, 0.25) is 0 Å². The second-order valence-corrected chi connectivity index (χ2v) is 6.11. The number of nitrogens with one attached hydrogen (secondary N) is 1. The number of methoxy groups -OCH3 is 1.